The lowest BCUT2D eigenvalue weighted by atomic mass is 9.81. The molecule has 1 amide bonds. The Hall–Kier alpha value is -2.71. The fourth-order valence-electron chi connectivity index (χ4n) is 5.06. The molecule has 32 heavy (non-hydrogen) atoms. The molecule has 2 N–H and O–H groups in total. The molecule has 0 bridgehead atoms. The van der Waals surface area contributed by atoms with Crippen LogP contribution in [-0.2, 0) is 11.2 Å². The first-order valence-electron chi connectivity index (χ1n) is 11.2. The summed E-state index contributed by atoms with van der Waals surface area (Å²) >= 11 is 0. The van der Waals surface area contributed by atoms with Gasteiger partial charge in [0, 0.05) is 38.0 Å². The van der Waals surface area contributed by atoms with Gasteiger partial charge < -0.3 is 14.4 Å². The molecule has 3 aliphatic heterocycles. The molecule has 2 aromatic rings. The second-order valence-electron chi connectivity index (χ2n) is 8.76. The van der Waals surface area contributed by atoms with Crippen LogP contribution in [0.3, 0.4) is 0 Å². The lowest BCUT2D eigenvalue weighted by Crippen LogP contribution is -2.48. The number of aryl methyl sites for hydroxylation is 1. The van der Waals surface area contributed by atoms with Crippen molar-refractivity contribution in [2.24, 2.45) is 5.92 Å². The van der Waals surface area contributed by atoms with E-state index in [4.69, 9.17) is 9.47 Å². The maximum Gasteiger partial charge on any atom is 0.231 e. The van der Waals surface area contributed by atoms with Crippen LogP contribution in [0.25, 0.3) is 0 Å². The van der Waals surface area contributed by atoms with E-state index in [1.165, 1.54) is 12.1 Å². The Kier molecular flexibility index (Phi) is 5.97. The number of halogens is 2. The minimum Gasteiger partial charge on any atom is -0.454 e. The first-order chi connectivity index (χ1) is 15.6. The Morgan fingerprint density at radius 3 is 2.84 bits per heavy atom. The summed E-state index contributed by atoms with van der Waals surface area (Å²) in [6.07, 6.45) is 3.02. The molecule has 8 heteroatoms. The number of hydrogen-bond acceptors (Lipinski definition) is 5. The van der Waals surface area contributed by atoms with E-state index in [9.17, 15) is 13.6 Å². The molecular formula is C24H27F2N3O3. The van der Waals surface area contributed by atoms with Crippen molar-refractivity contribution in [2.45, 2.75) is 37.6 Å². The normalized spacial score (nSPS) is 24.7. The maximum atomic E-state index is 13.8. The van der Waals surface area contributed by atoms with E-state index in [-0.39, 0.29) is 30.6 Å². The van der Waals surface area contributed by atoms with Crippen LogP contribution in [0, 0.1) is 17.6 Å². The van der Waals surface area contributed by atoms with Gasteiger partial charge in [0.1, 0.15) is 0 Å². The number of piperidine rings is 1. The van der Waals surface area contributed by atoms with Crippen molar-refractivity contribution in [2.75, 3.05) is 26.4 Å². The fraction of sp³-hybridized carbons (Fsp3) is 0.458. The number of carbonyl (C=O) groups excluding carboxylic acids is 1. The Morgan fingerprint density at radius 1 is 1.09 bits per heavy atom. The van der Waals surface area contributed by atoms with Crippen LogP contribution in [0.15, 0.2) is 36.4 Å². The van der Waals surface area contributed by atoms with Crippen LogP contribution in [0.2, 0.25) is 0 Å². The highest BCUT2D eigenvalue weighted by Gasteiger charge is 2.37. The third-order valence-electron chi connectivity index (χ3n) is 6.78. The van der Waals surface area contributed by atoms with E-state index in [0.717, 1.165) is 42.0 Å². The number of ether oxygens (including phenoxy) is 2. The third-order valence-corrected chi connectivity index (χ3v) is 6.78. The number of carbonyl (C=O) groups is 1. The molecule has 2 saturated heterocycles. The first-order valence-corrected chi connectivity index (χ1v) is 11.2. The lowest BCUT2D eigenvalue weighted by molar-refractivity contribution is -0.133. The number of amides is 1. The molecular weight excluding hydrogens is 416 g/mol. The first kappa shape index (κ1) is 21.2. The largest absolute Gasteiger partial charge is 0.454 e. The van der Waals surface area contributed by atoms with E-state index >= 15 is 0 Å². The van der Waals surface area contributed by atoms with Crippen LogP contribution in [0.4, 0.5) is 8.78 Å². The Bertz CT molecular complexity index is 1000. The zero-order chi connectivity index (χ0) is 22.1. The number of likely N-dealkylation sites (tertiary alicyclic amines) is 1. The summed E-state index contributed by atoms with van der Waals surface area (Å²) in [4.78, 5) is 14.9. The fourth-order valence-corrected chi connectivity index (χ4v) is 5.06. The van der Waals surface area contributed by atoms with Crippen molar-refractivity contribution in [3.05, 3.63) is 59.2 Å². The third kappa shape index (κ3) is 4.29. The van der Waals surface area contributed by atoms with Gasteiger partial charge in [-0.05, 0) is 60.6 Å². The van der Waals surface area contributed by atoms with Crippen LogP contribution in [0.5, 0.6) is 11.5 Å². The van der Waals surface area contributed by atoms with Gasteiger partial charge in [0.15, 0.2) is 23.1 Å². The van der Waals surface area contributed by atoms with Crippen LogP contribution >= 0.6 is 0 Å². The zero-order valence-corrected chi connectivity index (χ0v) is 17.8. The summed E-state index contributed by atoms with van der Waals surface area (Å²) < 4.78 is 37.9. The van der Waals surface area contributed by atoms with Gasteiger partial charge in [-0.1, -0.05) is 12.1 Å². The summed E-state index contributed by atoms with van der Waals surface area (Å²) in [5.74, 6) is 0.231. The molecule has 3 heterocycles. The average Bonchev–Trinajstić information content (AvgIpc) is 3.48. The Morgan fingerprint density at radius 2 is 1.97 bits per heavy atom. The number of hydrogen-bond donors (Lipinski definition) is 2. The van der Waals surface area contributed by atoms with E-state index in [2.05, 4.69) is 10.9 Å². The number of rotatable bonds is 5. The highest BCUT2D eigenvalue weighted by molar-refractivity contribution is 5.76. The smallest absolute Gasteiger partial charge is 0.231 e. The summed E-state index contributed by atoms with van der Waals surface area (Å²) in [5.41, 5.74) is 8.32. The van der Waals surface area contributed by atoms with Crippen molar-refractivity contribution in [3.8, 4) is 11.5 Å². The van der Waals surface area contributed by atoms with Crippen molar-refractivity contribution in [3.63, 3.8) is 0 Å². The zero-order valence-electron chi connectivity index (χ0n) is 17.8. The molecule has 3 unspecified atom stereocenters. The monoisotopic (exact) mass is 443 g/mol. The molecule has 0 saturated carbocycles. The van der Waals surface area contributed by atoms with Gasteiger partial charge in [-0.2, -0.15) is 0 Å². The molecule has 2 fully saturated rings. The number of hydrazine groups is 1. The van der Waals surface area contributed by atoms with E-state index < -0.39 is 11.6 Å². The predicted octanol–water partition coefficient (Wildman–Crippen LogP) is 3.12. The molecule has 0 aromatic heterocycles. The van der Waals surface area contributed by atoms with E-state index in [0.29, 0.717) is 25.9 Å². The second-order valence-corrected chi connectivity index (χ2v) is 8.76. The molecule has 5 rings (SSSR count). The standard InChI is InChI=1S/C24H27F2N3O3/c25-19-6-5-16(11-20(19)26)18-12-27-28-24(18)17-2-1-9-29(13-17)23(30)8-4-15-3-7-21-22(10-15)32-14-31-21/h3,5-7,10-11,17-18,24,27-28H,1-2,4,8-9,12-14H2. The Balaban J connectivity index is 1.20. The van der Waals surface area contributed by atoms with Gasteiger partial charge in [-0.25, -0.2) is 8.78 Å². The van der Waals surface area contributed by atoms with Crippen molar-refractivity contribution >= 4 is 5.91 Å². The van der Waals surface area contributed by atoms with Crippen molar-refractivity contribution in [1.29, 1.82) is 0 Å². The molecule has 170 valence electrons. The molecule has 3 aliphatic rings. The number of fused-ring (bicyclic) bond motifs is 1. The van der Waals surface area contributed by atoms with Gasteiger partial charge >= 0.3 is 0 Å². The van der Waals surface area contributed by atoms with E-state index in [1.54, 1.807) is 6.07 Å². The van der Waals surface area contributed by atoms with Gasteiger partial charge in [-0.15, -0.1) is 0 Å². The van der Waals surface area contributed by atoms with Gasteiger partial charge in [-0.3, -0.25) is 15.6 Å². The maximum absolute atomic E-state index is 13.8. The van der Waals surface area contributed by atoms with Crippen LogP contribution < -0.4 is 20.3 Å². The van der Waals surface area contributed by atoms with Crippen molar-refractivity contribution < 1.29 is 23.0 Å². The molecule has 0 radical (unpaired) electrons. The second kappa shape index (κ2) is 9.03. The highest BCUT2D eigenvalue weighted by atomic mass is 19.2. The summed E-state index contributed by atoms with van der Waals surface area (Å²) in [5, 5.41) is 0. The minimum absolute atomic E-state index is 0.0267. The quantitative estimate of drug-likeness (QED) is 0.744. The van der Waals surface area contributed by atoms with Gasteiger partial charge in [0.25, 0.3) is 0 Å². The number of nitrogens with one attached hydrogen (secondary N) is 2. The lowest BCUT2D eigenvalue weighted by Gasteiger charge is -2.37. The van der Waals surface area contributed by atoms with Gasteiger partial charge in [0.2, 0.25) is 12.7 Å². The molecule has 6 nitrogen and oxygen atoms in total. The van der Waals surface area contributed by atoms with Crippen LogP contribution in [-0.4, -0.2) is 43.3 Å². The summed E-state index contributed by atoms with van der Waals surface area (Å²) in [6, 6.07) is 9.99. The molecule has 2 aromatic carbocycles. The molecule has 0 aliphatic carbocycles. The summed E-state index contributed by atoms with van der Waals surface area (Å²) in [7, 11) is 0. The van der Waals surface area contributed by atoms with E-state index in [1.807, 2.05) is 23.1 Å². The SMILES string of the molecule is O=C(CCc1ccc2c(c1)OCO2)N1CCCC(C2NNCC2c2ccc(F)c(F)c2)C1. The average molecular weight is 443 g/mol. The van der Waals surface area contributed by atoms with Crippen molar-refractivity contribution in [1.82, 2.24) is 15.8 Å². The minimum atomic E-state index is -0.832. The molecule has 3 atom stereocenters. The number of nitrogens with zero attached hydrogens (tertiary/aromatic N) is 1. The highest BCUT2D eigenvalue weighted by Crippen LogP contribution is 2.34. The Labute approximate surface area is 185 Å². The number of benzene rings is 2. The predicted molar refractivity (Wildman–Crippen MR) is 114 cm³/mol. The molecule has 0 spiro atoms. The van der Waals surface area contributed by atoms with Crippen LogP contribution in [0.1, 0.15) is 36.3 Å². The van der Waals surface area contributed by atoms with Gasteiger partial charge in [0.05, 0.1) is 0 Å². The topological polar surface area (TPSA) is 62.8 Å². The summed E-state index contributed by atoms with van der Waals surface area (Å²) in [6.45, 7) is 2.30.